The summed E-state index contributed by atoms with van der Waals surface area (Å²) in [5.74, 6) is -0.705. The van der Waals surface area contributed by atoms with Crippen molar-refractivity contribution < 1.29 is 24.3 Å². The Balaban J connectivity index is 2.16. The van der Waals surface area contributed by atoms with Crippen LogP contribution in [0.25, 0.3) is 0 Å². The molecule has 0 saturated carbocycles. The smallest absolute Gasteiger partial charge is 0.345 e. The summed E-state index contributed by atoms with van der Waals surface area (Å²) in [7, 11) is 1.18. The van der Waals surface area contributed by atoms with Crippen molar-refractivity contribution in [1.29, 1.82) is 0 Å². The number of nitrogens with two attached hydrogens (primary N) is 1. The summed E-state index contributed by atoms with van der Waals surface area (Å²) in [6, 6.07) is -3.33. The zero-order valence-corrected chi connectivity index (χ0v) is 10.4. The molecule has 1 fully saturated rings. The summed E-state index contributed by atoms with van der Waals surface area (Å²) in [5.41, 5.74) is 5.70. The molecule has 3 amide bonds. The Kier molecular flexibility index (Phi) is 2.44. The maximum Gasteiger partial charge on any atom is 0.345 e. The van der Waals surface area contributed by atoms with Crippen molar-refractivity contribution >= 4 is 18.0 Å². The van der Waals surface area contributed by atoms with Gasteiger partial charge < -0.3 is 15.4 Å². The monoisotopic (exact) mass is 281 g/mol. The van der Waals surface area contributed by atoms with Gasteiger partial charge in [-0.15, -0.1) is 0 Å². The fourth-order valence-electron chi connectivity index (χ4n) is 2.53. The number of nitrogens with zero attached hydrogens (tertiary/aromatic N) is 4. The number of amides is 3. The van der Waals surface area contributed by atoms with Gasteiger partial charge in [-0.2, -0.15) is 14.8 Å². The second-order valence-electron chi connectivity index (χ2n) is 4.47. The number of ether oxygens (including phenoxy) is 1. The van der Waals surface area contributed by atoms with E-state index in [0.717, 1.165) is 9.58 Å². The number of rotatable bonds is 1. The Bertz CT molecular complexity index is 626. The first-order chi connectivity index (χ1) is 9.45. The predicted molar refractivity (Wildman–Crippen MR) is 60.4 cm³/mol. The number of urea groups is 1. The number of fused-ring (bicyclic) bond motifs is 4. The van der Waals surface area contributed by atoms with E-state index < -0.39 is 30.1 Å². The molecule has 2 bridgehead atoms. The van der Waals surface area contributed by atoms with E-state index in [1.807, 2.05) is 0 Å². The van der Waals surface area contributed by atoms with Gasteiger partial charge in [-0.25, -0.2) is 14.4 Å². The molecule has 0 aliphatic carbocycles. The third kappa shape index (κ3) is 1.42. The SMILES string of the molecule is COC(=O)[C@@H]1c2nn(C(N)=O)cc2[C@@H]2CN1C(=O)N2O. The van der Waals surface area contributed by atoms with Gasteiger partial charge >= 0.3 is 18.0 Å². The van der Waals surface area contributed by atoms with Crippen LogP contribution in [-0.4, -0.2) is 56.6 Å². The van der Waals surface area contributed by atoms with Gasteiger partial charge in [0.1, 0.15) is 11.7 Å². The van der Waals surface area contributed by atoms with Gasteiger partial charge in [-0.05, 0) is 0 Å². The van der Waals surface area contributed by atoms with E-state index >= 15 is 0 Å². The van der Waals surface area contributed by atoms with Gasteiger partial charge in [0.25, 0.3) is 0 Å². The zero-order valence-electron chi connectivity index (χ0n) is 10.4. The molecule has 106 valence electrons. The normalized spacial score (nSPS) is 23.8. The molecule has 3 heterocycles. The third-order valence-electron chi connectivity index (χ3n) is 3.46. The summed E-state index contributed by atoms with van der Waals surface area (Å²) in [6.07, 6.45) is 1.30. The molecule has 1 saturated heterocycles. The highest BCUT2D eigenvalue weighted by atomic mass is 16.5. The molecular weight excluding hydrogens is 270 g/mol. The number of hydrogen-bond acceptors (Lipinski definition) is 6. The predicted octanol–water partition coefficient (Wildman–Crippen LogP) is -0.794. The van der Waals surface area contributed by atoms with Crippen LogP contribution in [0.5, 0.6) is 0 Å². The second-order valence-corrected chi connectivity index (χ2v) is 4.47. The number of primary amides is 1. The summed E-state index contributed by atoms with van der Waals surface area (Å²) in [5, 5.41) is 14.2. The summed E-state index contributed by atoms with van der Waals surface area (Å²) >= 11 is 0. The highest BCUT2D eigenvalue weighted by Gasteiger charge is 2.52. The van der Waals surface area contributed by atoms with Gasteiger partial charge in [0.15, 0.2) is 6.04 Å². The molecule has 20 heavy (non-hydrogen) atoms. The minimum absolute atomic E-state index is 0.104. The van der Waals surface area contributed by atoms with Crippen molar-refractivity contribution in [3.63, 3.8) is 0 Å². The molecule has 1 aromatic heterocycles. The Morgan fingerprint density at radius 3 is 2.85 bits per heavy atom. The second kappa shape index (κ2) is 3.93. The fourth-order valence-corrected chi connectivity index (χ4v) is 2.53. The zero-order chi connectivity index (χ0) is 14.6. The number of carbonyl (C=O) groups excluding carboxylic acids is 3. The average Bonchev–Trinajstić information content (AvgIpc) is 2.96. The number of methoxy groups -OCH3 is 1. The van der Waals surface area contributed by atoms with Crippen molar-refractivity contribution in [3.8, 4) is 0 Å². The molecule has 0 radical (unpaired) electrons. The number of esters is 1. The maximum absolute atomic E-state index is 11.9. The summed E-state index contributed by atoms with van der Waals surface area (Å²) < 4.78 is 5.51. The first-order valence-electron chi connectivity index (χ1n) is 5.71. The highest BCUT2D eigenvalue weighted by molar-refractivity contribution is 5.87. The van der Waals surface area contributed by atoms with E-state index in [9.17, 15) is 19.6 Å². The molecule has 2 aliphatic rings. The Hall–Kier alpha value is -2.62. The number of carbonyl (C=O) groups is 3. The Labute approximate surface area is 112 Å². The largest absolute Gasteiger partial charge is 0.467 e. The van der Waals surface area contributed by atoms with Crippen LogP contribution in [0.4, 0.5) is 9.59 Å². The minimum atomic E-state index is -1.10. The van der Waals surface area contributed by atoms with Crippen LogP contribution in [0, 0.1) is 0 Å². The first-order valence-corrected chi connectivity index (χ1v) is 5.71. The number of hydrogen-bond donors (Lipinski definition) is 2. The van der Waals surface area contributed by atoms with Crippen LogP contribution in [-0.2, 0) is 9.53 Å². The van der Waals surface area contributed by atoms with E-state index in [-0.39, 0.29) is 12.2 Å². The van der Waals surface area contributed by atoms with Crippen molar-refractivity contribution in [2.24, 2.45) is 5.73 Å². The lowest BCUT2D eigenvalue weighted by Gasteiger charge is -2.27. The number of hydroxylamine groups is 2. The lowest BCUT2D eigenvalue weighted by Crippen LogP contribution is -2.39. The van der Waals surface area contributed by atoms with E-state index in [1.54, 1.807) is 0 Å². The van der Waals surface area contributed by atoms with Crippen LogP contribution in [0.3, 0.4) is 0 Å². The molecule has 2 aliphatic heterocycles. The Morgan fingerprint density at radius 1 is 1.55 bits per heavy atom. The standard InChI is InChI=1S/C10H11N5O5/c1-20-8(16)7-6-4(2-14(12-6)9(11)17)5-3-13(7)10(18)15(5)19/h2,5,7,19H,3H2,1H3,(H2,11,17)/t5-,7-/m0/s1. The number of aromatic nitrogens is 2. The van der Waals surface area contributed by atoms with Gasteiger partial charge in [0.05, 0.1) is 13.7 Å². The van der Waals surface area contributed by atoms with Gasteiger partial charge in [0.2, 0.25) is 0 Å². The molecule has 2 atom stereocenters. The van der Waals surface area contributed by atoms with Crippen molar-refractivity contribution in [2.45, 2.75) is 12.1 Å². The molecule has 10 nitrogen and oxygen atoms in total. The van der Waals surface area contributed by atoms with Crippen molar-refractivity contribution in [2.75, 3.05) is 13.7 Å². The topological polar surface area (TPSA) is 131 Å². The van der Waals surface area contributed by atoms with Gasteiger partial charge in [-0.1, -0.05) is 0 Å². The average molecular weight is 281 g/mol. The first kappa shape index (κ1) is 12.4. The van der Waals surface area contributed by atoms with Gasteiger partial charge in [-0.3, -0.25) is 5.21 Å². The van der Waals surface area contributed by atoms with Crippen LogP contribution in [0.1, 0.15) is 23.3 Å². The molecule has 3 N–H and O–H groups in total. The molecule has 1 aromatic rings. The van der Waals surface area contributed by atoms with Crippen molar-refractivity contribution in [3.05, 3.63) is 17.5 Å². The van der Waals surface area contributed by atoms with E-state index in [1.165, 1.54) is 13.3 Å². The maximum atomic E-state index is 11.9. The van der Waals surface area contributed by atoms with Crippen LogP contribution >= 0.6 is 0 Å². The molecular formula is C10H11N5O5. The summed E-state index contributed by atoms with van der Waals surface area (Å²) in [6.45, 7) is 0.104. The van der Waals surface area contributed by atoms with Gasteiger partial charge in [0, 0.05) is 11.8 Å². The van der Waals surface area contributed by atoms with Crippen LogP contribution in [0.2, 0.25) is 0 Å². The lowest BCUT2D eigenvalue weighted by atomic mass is 9.98. The molecule has 0 unspecified atom stereocenters. The quantitative estimate of drug-likeness (QED) is 0.512. The minimum Gasteiger partial charge on any atom is -0.467 e. The fraction of sp³-hybridized carbons (Fsp3) is 0.400. The molecule has 3 rings (SSSR count). The van der Waals surface area contributed by atoms with E-state index in [0.29, 0.717) is 10.6 Å². The highest BCUT2D eigenvalue weighted by Crippen LogP contribution is 2.42. The Morgan fingerprint density at radius 2 is 2.25 bits per heavy atom. The third-order valence-corrected chi connectivity index (χ3v) is 3.46. The molecule has 10 heteroatoms. The molecule has 0 aromatic carbocycles. The van der Waals surface area contributed by atoms with Crippen LogP contribution < -0.4 is 5.73 Å². The van der Waals surface area contributed by atoms with E-state index in [2.05, 4.69) is 9.84 Å². The van der Waals surface area contributed by atoms with Crippen molar-refractivity contribution in [1.82, 2.24) is 19.7 Å². The summed E-state index contributed by atoms with van der Waals surface area (Å²) in [4.78, 5) is 36.0. The molecule has 0 spiro atoms. The van der Waals surface area contributed by atoms with Crippen LogP contribution in [0.15, 0.2) is 6.20 Å². The lowest BCUT2D eigenvalue weighted by molar-refractivity contribution is -0.146. The van der Waals surface area contributed by atoms with E-state index in [4.69, 9.17) is 5.73 Å².